The fourth-order valence-electron chi connectivity index (χ4n) is 3.76. The lowest BCUT2D eigenvalue weighted by molar-refractivity contribution is -0.124. The lowest BCUT2D eigenvalue weighted by Crippen LogP contribution is -2.48. The Morgan fingerprint density at radius 1 is 1.39 bits per heavy atom. The van der Waals surface area contributed by atoms with Crippen molar-refractivity contribution in [1.29, 1.82) is 0 Å². The molecule has 23 heavy (non-hydrogen) atoms. The van der Waals surface area contributed by atoms with Gasteiger partial charge in [-0.15, -0.1) is 0 Å². The van der Waals surface area contributed by atoms with Crippen molar-refractivity contribution in [2.45, 2.75) is 47.6 Å². The minimum absolute atomic E-state index is 0.0818. The van der Waals surface area contributed by atoms with Gasteiger partial charge in [0.2, 0.25) is 5.91 Å². The molecule has 0 bridgehead atoms. The van der Waals surface area contributed by atoms with E-state index in [1.807, 2.05) is 0 Å². The van der Waals surface area contributed by atoms with Gasteiger partial charge in [0.15, 0.2) is 0 Å². The standard InChI is InChI=1S/C19H34N2O2/c1-13(2)9-16-17(19(16,5)6)18(22)20-10-15-12-21(7-8-23-15)11-14(3)4/h9,14-17H,7-8,10-12H2,1-6H3,(H,20,22)/t15-,16+,17-/m0/s1. The van der Waals surface area contributed by atoms with Crippen molar-refractivity contribution in [3.8, 4) is 0 Å². The monoisotopic (exact) mass is 322 g/mol. The first kappa shape index (κ1) is 18.5. The molecule has 0 spiro atoms. The van der Waals surface area contributed by atoms with E-state index in [0.717, 1.165) is 26.2 Å². The van der Waals surface area contributed by atoms with E-state index in [1.54, 1.807) is 0 Å². The molecule has 0 unspecified atom stereocenters. The van der Waals surface area contributed by atoms with Crippen LogP contribution in [0.2, 0.25) is 0 Å². The van der Waals surface area contributed by atoms with Gasteiger partial charge in [0, 0.05) is 26.2 Å². The van der Waals surface area contributed by atoms with E-state index in [2.05, 4.69) is 57.8 Å². The third-order valence-electron chi connectivity index (χ3n) is 5.06. The second-order valence-corrected chi connectivity index (χ2v) is 8.46. The molecule has 1 heterocycles. The lowest BCUT2D eigenvalue weighted by atomic mass is 10.1. The molecule has 0 aromatic heterocycles. The molecular formula is C19H34N2O2. The number of nitrogens with zero attached hydrogens (tertiary/aromatic N) is 1. The molecule has 0 aromatic rings. The Morgan fingerprint density at radius 2 is 2.09 bits per heavy atom. The Kier molecular flexibility index (Phi) is 5.90. The molecule has 2 aliphatic rings. The number of morpholine rings is 1. The molecule has 2 fully saturated rings. The summed E-state index contributed by atoms with van der Waals surface area (Å²) < 4.78 is 5.82. The van der Waals surface area contributed by atoms with E-state index in [9.17, 15) is 4.79 Å². The fourth-order valence-corrected chi connectivity index (χ4v) is 3.76. The number of rotatable bonds is 6. The topological polar surface area (TPSA) is 41.6 Å². The van der Waals surface area contributed by atoms with Crippen molar-refractivity contribution in [3.05, 3.63) is 11.6 Å². The molecule has 0 aromatic carbocycles. The highest BCUT2D eigenvalue weighted by Crippen LogP contribution is 2.59. The largest absolute Gasteiger partial charge is 0.374 e. The van der Waals surface area contributed by atoms with E-state index < -0.39 is 0 Å². The van der Waals surface area contributed by atoms with Gasteiger partial charge in [-0.25, -0.2) is 0 Å². The van der Waals surface area contributed by atoms with E-state index >= 15 is 0 Å². The predicted octanol–water partition coefficient (Wildman–Crippen LogP) is 2.70. The molecule has 1 N–H and O–H groups in total. The minimum Gasteiger partial charge on any atom is -0.374 e. The van der Waals surface area contributed by atoms with Crippen LogP contribution in [0.15, 0.2) is 11.6 Å². The van der Waals surface area contributed by atoms with Crippen LogP contribution in [0.1, 0.15) is 41.5 Å². The molecular weight excluding hydrogens is 288 g/mol. The highest BCUT2D eigenvalue weighted by Gasteiger charge is 2.60. The van der Waals surface area contributed by atoms with Crippen LogP contribution in [0.25, 0.3) is 0 Å². The number of ether oxygens (including phenoxy) is 1. The fraction of sp³-hybridized carbons (Fsp3) is 0.842. The summed E-state index contributed by atoms with van der Waals surface area (Å²) in [6, 6.07) is 0. The number of hydrogen-bond acceptors (Lipinski definition) is 3. The van der Waals surface area contributed by atoms with Crippen molar-refractivity contribution in [2.24, 2.45) is 23.2 Å². The third kappa shape index (κ3) is 4.80. The second-order valence-electron chi connectivity index (χ2n) is 8.46. The normalized spacial score (nSPS) is 30.1. The van der Waals surface area contributed by atoms with Gasteiger partial charge in [0.25, 0.3) is 0 Å². The Labute approximate surface area is 141 Å². The molecule has 0 radical (unpaired) electrons. The van der Waals surface area contributed by atoms with Gasteiger partial charge in [-0.1, -0.05) is 39.3 Å². The van der Waals surface area contributed by atoms with Gasteiger partial charge >= 0.3 is 0 Å². The first-order chi connectivity index (χ1) is 10.7. The summed E-state index contributed by atoms with van der Waals surface area (Å²) in [4.78, 5) is 14.9. The van der Waals surface area contributed by atoms with Gasteiger partial charge in [0.1, 0.15) is 0 Å². The summed E-state index contributed by atoms with van der Waals surface area (Å²) in [7, 11) is 0. The predicted molar refractivity (Wildman–Crippen MR) is 94.2 cm³/mol. The number of carbonyl (C=O) groups excluding carboxylic acids is 1. The summed E-state index contributed by atoms with van der Waals surface area (Å²) in [6.45, 7) is 17.5. The van der Waals surface area contributed by atoms with Gasteiger partial charge in [-0.2, -0.15) is 0 Å². The van der Waals surface area contributed by atoms with Crippen LogP contribution < -0.4 is 5.32 Å². The van der Waals surface area contributed by atoms with E-state index in [4.69, 9.17) is 4.74 Å². The molecule has 3 atom stereocenters. The lowest BCUT2D eigenvalue weighted by Gasteiger charge is -2.34. The highest BCUT2D eigenvalue weighted by atomic mass is 16.5. The van der Waals surface area contributed by atoms with Crippen molar-refractivity contribution in [2.75, 3.05) is 32.8 Å². The maximum Gasteiger partial charge on any atom is 0.224 e. The molecule has 1 aliphatic carbocycles. The first-order valence-corrected chi connectivity index (χ1v) is 8.98. The summed E-state index contributed by atoms with van der Waals surface area (Å²) >= 11 is 0. The number of amides is 1. The van der Waals surface area contributed by atoms with E-state index in [1.165, 1.54) is 5.57 Å². The maximum atomic E-state index is 12.5. The Morgan fingerprint density at radius 3 is 2.70 bits per heavy atom. The average Bonchev–Trinajstić information content (AvgIpc) is 2.96. The van der Waals surface area contributed by atoms with Crippen LogP contribution in [0.5, 0.6) is 0 Å². The number of hydrogen-bond donors (Lipinski definition) is 1. The molecule has 1 saturated heterocycles. The summed E-state index contributed by atoms with van der Waals surface area (Å²) in [5, 5.41) is 3.13. The van der Waals surface area contributed by atoms with Crippen LogP contribution in [0, 0.1) is 23.2 Å². The SMILES string of the molecule is CC(C)=C[C@@H]1[C@@H](C(=O)NC[C@H]2CN(CC(C)C)CCO2)C1(C)C. The molecule has 4 heteroatoms. The van der Waals surface area contributed by atoms with E-state index in [-0.39, 0.29) is 23.3 Å². The first-order valence-electron chi connectivity index (χ1n) is 8.98. The number of nitrogens with one attached hydrogen (secondary N) is 1. The summed E-state index contributed by atoms with van der Waals surface area (Å²) in [5.74, 6) is 1.33. The maximum absolute atomic E-state index is 12.5. The van der Waals surface area contributed by atoms with Crippen LogP contribution in [-0.4, -0.2) is 49.7 Å². The average molecular weight is 322 g/mol. The zero-order valence-electron chi connectivity index (χ0n) is 15.7. The Bertz CT molecular complexity index is 452. The summed E-state index contributed by atoms with van der Waals surface area (Å²) in [5.41, 5.74) is 1.37. The van der Waals surface area contributed by atoms with Crippen LogP contribution in [0.3, 0.4) is 0 Å². The Hall–Kier alpha value is -0.870. The van der Waals surface area contributed by atoms with Crippen molar-refractivity contribution >= 4 is 5.91 Å². The van der Waals surface area contributed by atoms with Crippen LogP contribution in [0.4, 0.5) is 0 Å². The molecule has 1 aliphatic heterocycles. The van der Waals surface area contributed by atoms with Gasteiger partial charge in [-0.05, 0) is 31.1 Å². The molecule has 132 valence electrons. The Balaban J connectivity index is 1.80. The van der Waals surface area contributed by atoms with Gasteiger partial charge in [0.05, 0.1) is 18.6 Å². The number of carbonyl (C=O) groups is 1. The minimum atomic E-state index is 0.0818. The zero-order valence-corrected chi connectivity index (χ0v) is 15.7. The van der Waals surface area contributed by atoms with Crippen molar-refractivity contribution < 1.29 is 9.53 Å². The van der Waals surface area contributed by atoms with Crippen LogP contribution in [-0.2, 0) is 9.53 Å². The highest BCUT2D eigenvalue weighted by molar-refractivity contribution is 5.83. The molecule has 2 rings (SSSR count). The summed E-state index contributed by atoms with van der Waals surface area (Å²) in [6.07, 6.45) is 2.36. The smallest absolute Gasteiger partial charge is 0.224 e. The molecule has 4 nitrogen and oxygen atoms in total. The van der Waals surface area contributed by atoms with Gasteiger partial charge < -0.3 is 10.1 Å². The number of allylic oxidation sites excluding steroid dienone is 2. The molecule has 1 amide bonds. The second kappa shape index (κ2) is 7.35. The van der Waals surface area contributed by atoms with Crippen molar-refractivity contribution in [3.63, 3.8) is 0 Å². The zero-order chi connectivity index (χ0) is 17.2. The van der Waals surface area contributed by atoms with Crippen LogP contribution >= 0.6 is 0 Å². The van der Waals surface area contributed by atoms with E-state index in [0.29, 0.717) is 18.4 Å². The third-order valence-corrected chi connectivity index (χ3v) is 5.06. The van der Waals surface area contributed by atoms with Gasteiger partial charge in [-0.3, -0.25) is 9.69 Å². The van der Waals surface area contributed by atoms with Crippen molar-refractivity contribution in [1.82, 2.24) is 10.2 Å². The molecule has 1 saturated carbocycles. The quantitative estimate of drug-likeness (QED) is 0.765.